The molecule has 5 aromatic rings. The van der Waals surface area contributed by atoms with Crippen molar-refractivity contribution in [1.82, 2.24) is 71.7 Å². The standard InChI is InChI=1S/C91H119FN14O20/c1-14-52(7)82(103(11)89(120)79(50(3)4)101-87(118)81(51(5)6)102(10)73(111)31-23-18-24-36-105-74(112)34-35-75(105)113)68(123-12)42-76(114)104-37-25-30-66(104)83(124-13)54(9)84(115)100-65(39-56-28-21-17-22-29-56)86(117)94-43-69(107)93-45-71(109)98-64(38-55-26-19-16-20-27-55)85(116)95-44-70(108)96-49-125-48-72(110)97-62-33-32-57-53(8)61(92)41-63-77(57)78(62)58-46-106-67(80(58)99-63)40-60-59(88(106)119)47-126-90(121)91(60,122)15-2/h16-17,19-22,26-29,34-35,40-41,50-52,54,62,64-66,68,79,81-83,122H,14-15,18,23-25,30-33,36-39,42-49H2,1-13H3,(H,93,107)(H,94,117)(H,95,116)(H,96,108)(H,97,110)(H,98,109)(H,100,115)(H,101,118)/t52-,54+,62?,64+,65-,66-,68+,79-,81-,82-,83+,91+/m0/s1. The molecule has 5 aliphatic rings. The number of nitrogens with one attached hydrogen (secondary N) is 8. The first kappa shape index (κ1) is 96.5. The van der Waals surface area contributed by atoms with E-state index in [4.69, 9.17) is 23.9 Å². The van der Waals surface area contributed by atoms with Crippen LogP contribution in [-0.4, -0.2) is 240 Å². The zero-order chi connectivity index (χ0) is 91.7. The molecule has 6 heterocycles. The lowest BCUT2D eigenvalue weighted by Gasteiger charge is -2.41. The van der Waals surface area contributed by atoms with Crippen LogP contribution in [-0.2, 0) is 124 Å². The Labute approximate surface area is 731 Å². The number of halogens is 1. The molecule has 34 nitrogen and oxygen atoms in total. The normalized spacial score (nSPS) is 18.3. The molecule has 1 fully saturated rings. The average Bonchev–Trinajstić information content (AvgIpc) is 1.53. The molecule has 13 amide bonds. The second kappa shape index (κ2) is 43.5. The molecule has 3 aromatic carbocycles. The number of likely N-dealkylation sites (N-methyl/N-ethyl adjacent to an activating group) is 2. The first-order valence-electron chi connectivity index (χ1n) is 43.2. The van der Waals surface area contributed by atoms with Crippen LogP contribution in [0.4, 0.5) is 4.39 Å². The second-order valence-electron chi connectivity index (χ2n) is 33.8. The third kappa shape index (κ3) is 22.6. The Hall–Kier alpha value is -11.7. The number of aliphatic hydroxyl groups is 1. The number of likely N-dealkylation sites (tertiary alicyclic amines) is 1. The van der Waals surface area contributed by atoms with E-state index in [1.165, 1.54) is 46.8 Å². The molecule has 35 heteroatoms. The lowest BCUT2D eigenvalue weighted by atomic mass is 9.81. The number of cyclic esters (lactones) is 1. The number of fused-ring (bicyclic) bond motifs is 5. The largest absolute Gasteiger partial charge is 0.458 e. The van der Waals surface area contributed by atoms with Crippen LogP contribution in [0.15, 0.2) is 89.7 Å². The van der Waals surface area contributed by atoms with E-state index in [1.54, 1.807) is 120 Å². The molecule has 12 atom stereocenters. The van der Waals surface area contributed by atoms with E-state index in [9.17, 15) is 77.0 Å². The fraction of sp³-hybridized carbons (Fsp3) is 0.538. The van der Waals surface area contributed by atoms with Gasteiger partial charge in [0.1, 0.15) is 49.9 Å². The van der Waals surface area contributed by atoms with Gasteiger partial charge >= 0.3 is 5.97 Å². The van der Waals surface area contributed by atoms with Crippen molar-refractivity contribution in [2.24, 2.45) is 23.7 Å². The lowest BCUT2D eigenvalue weighted by molar-refractivity contribution is -0.172. The second-order valence-corrected chi connectivity index (χ2v) is 33.8. The summed E-state index contributed by atoms with van der Waals surface area (Å²) in [6.45, 7) is 13.3. The van der Waals surface area contributed by atoms with Gasteiger partial charge in [0.25, 0.3) is 17.4 Å². The van der Waals surface area contributed by atoms with Crippen LogP contribution in [0.1, 0.15) is 170 Å². The zero-order valence-corrected chi connectivity index (χ0v) is 73.9. The Morgan fingerprint density at radius 2 is 1.33 bits per heavy atom. The van der Waals surface area contributed by atoms with Gasteiger partial charge in [-0.2, -0.15) is 0 Å². The molecular formula is C91H119FN14O20. The number of ether oxygens (including phenoxy) is 4. The van der Waals surface area contributed by atoms with E-state index < -0.39 is 175 Å². The smallest absolute Gasteiger partial charge is 0.343 e. The van der Waals surface area contributed by atoms with Crippen LogP contribution in [0.25, 0.3) is 22.3 Å². The van der Waals surface area contributed by atoms with Crippen LogP contribution in [0.2, 0.25) is 0 Å². The molecule has 126 heavy (non-hydrogen) atoms. The first-order valence-corrected chi connectivity index (χ1v) is 43.2. The quantitative estimate of drug-likeness (QED) is 0.0114. The summed E-state index contributed by atoms with van der Waals surface area (Å²) in [5.74, 6) is -10.7. The number of benzene rings is 3. The van der Waals surface area contributed by atoms with Gasteiger partial charge in [-0.3, -0.25) is 72.0 Å². The molecule has 0 radical (unpaired) electrons. The predicted octanol–water partition coefficient (Wildman–Crippen LogP) is 3.55. The Bertz CT molecular complexity index is 4990. The number of nitrogens with zero attached hydrogens (tertiary/aromatic N) is 6. The number of carbonyl (C=O) groups is 14. The van der Waals surface area contributed by atoms with E-state index in [-0.39, 0.29) is 104 Å². The SMILES string of the molecule is CC[C@H](C)[C@@H]([C@@H](CC(=O)N1CCC[C@H]1[C@H](OC)[C@@H](C)C(=O)N[C@@H](Cc1ccccc1)C(=O)NCC(=O)NCC(=O)N[C@H](Cc1ccccc1)C(=O)NCC(=O)NCOCC(=O)NC1CCc2c(C)c(F)cc3nc4c(c1c23)Cn1c-4cc2c(c1=O)COC(=O)[C@@]2(O)CC)OC)N(C)C(=O)[C@@H](NC(=O)[C@H](C(C)C)N(C)C(=O)CCCCCN1C(=O)C=CC1=O)C(C)C. The molecule has 1 saturated heterocycles. The number of hydrogen-bond acceptors (Lipinski definition) is 21. The van der Waals surface area contributed by atoms with Gasteiger partial charge in [-0.05, 0) is 104 Å². The van der Waals surface area contributed by atoms with Gasteiger partial charge in [0, 0.05) is 95.4 Å². The summed E-state index contributed by atoms with van der Waals surface area (Å²) < 4.78 is 40.0. The Morgan fingerprint density at radius 1 is 0.698 bits per heavy atom. The van der Waals surface area contributed by atoms with Gasteiger partial charge in [0.05, 0.1) is 91.3 Å². The molecule has 0 saturated carbocycles. The average molecular weight is 1750 g/mol. The fourth-order valence-electron chi connectivity index (χ4n) is 17.7. The highest BCUT2D eigenvalue weighted by Gasteiger charge is 2.48. The number of carbonyl (C=O) groups excluding carboxylic acids is 14. The molecule has 4 aliphatic heterocycles. The van der Waals surface area contributed by atoms with Gasteiger partial charge in [0.2, 0.25) is 65.0 Å². The Kier molecular flexibility index (Phi) is 33.3. The van der Waals surface area contributed by atoms with Crippen LogP contribution >= 0.6 is 0 Å². The maximum absolute atomic E-state index is 15.6. The van der Waals surface area contributed by atoms with Crippen LogP contribution in [0, 0.1) is 36.4 Å². The minimum atomic E-state index is -2.08. The number of rotatable bonds is 43. The highest BCUT2D eigenvalue weighted by atomic mass is 19.1. The number of aromatic nitrogens is 2. The van der Waals surface area contributed by atoms with Crippen molar-refractivity contribution in [3.05, 3.63) is 146 Å². The van der Waals surface area contributed by atoms with E-state index in [0.29, 0.717) is 108 Å². The number of esters is 1. The maximum atomic E-state index is 15.6. The van der Waals surface area contributed by atoms with Crippen molar-refractivity contribution in [3.63, 3.8) is 0 Å². The number of pyridine rings is 2. The summed E-state index contributed by atoms with van der Waals surface area (Å²) in [5, 5.41) is 33.5. The van der Waals surface area contributed by atoms with Crippen LogP contribution in [0.5, 0.6) is 0 Å². The molecule has 10 rings (SSSR count). The van der Waals surface area contributed by atoms with E-state index in [2.05, 4.69) is 42.5 Å². The fourth-order valence-corrected chi connectivity index (χ4v) is 17.7. The molecular weight excluding hydrogens is 1630 g/mol. The molecule has 1 unspecified atom stereocenters. The third-order valence-electron chi connectivity index (χ3n) is 24.8. The number of imide groups is 1. The van der Waals surface area contributed by atoms with E-state index in [0.717, 1.165) is 4.90 Å². The van der Waals surface area contributed by atoms with Gasteiger partial charge in [-0.1, -0.05) is 129 Å². The highest BCUT2D eigenvalue weighted by Crippen LogP contribution is 2.46. The topological polar surface area (TPSA) is 440 Å². The number of methoxy groups -OCH3 is 2. The Balaban J connectivity index is 0.694. The summed E-state index contributed by atoms with van der Waals surface area (Å²) in [6.07, 6.45) is 4.32. The molecule has 1 aliphatic carbocycles. The number of hydrogen-bond donors (Lipinski definition) is 9. The van der Waals surface area contributed by atoms with Crippen molar-refractivity contribution in [1.29, 1.82) is 0 Å². The summed E-state index contributed by atoms with van der Waals surface area (Å²) in [7, 11) is 6.06. The van der Waals surface area contributed by atoms with Crippen molar-refractivity contribution < 1.29 is 95.6 Å². The maximum Gasteiger partial charge on any atom is 0.343 e. The molecule has 680 valence electrons. The minimum Gasteiger partial charge on any atom is -0.458 e. The summed E-state index contributed by atoms with van der Waals surface area (Å²) in [6, 6.07) is 13.8. The van der Waals surface area contributed by atoms with Gasteiger partial charge in [0.15, 0.2) is 5.60 Å². The molecule has 0 spiro atoms. The number of aryl methyl sites for hydroxylation is 1. The van der Waals surface area contributed by atoms with Gasteiger partial charge < -0.3 is 85.9 Å². The predicted molar refractivity (Wildman–Crippen MR) is 459 cm³/mol. The molecule has 0 bridgehead atoms. The van der Waals surface area contributed by atoms with Gasteiger partial charge in [-0.15, -0.1) is 0 Å². The monoisotopic (exact) mass is 1750 g/mol. The number of amides is 13. The summed E-state index contributed by atoms with van der Waals surface area (Å²) >= 11 is 0. The van der Waals surface area contributed by atoms with Gasteiger partial charge in [-0.25, -0.2) is 14.2 Å². The first-order chi connectivity index (χ1) is 60.0. The van der Waals surface area contributed by atoms with Crippen molar-refractivity contribution in [2.45, 2.75) is 219 Å². The summed E-state index contributed by atoms with van der Waals surface area (Å²) in [5.41, 5.74) is 2.19. The lowest BCUT2D eigenvalue weighted by Crippen LogP contribution is -2.60. The zero-order valence-electron chi connectivity index (χ0n) is 73.9. The van der Waals surface area contributed by atoms with E-state index in [1.807, 2.05) is 27.7 Å². The van der Waals surface area contributed by atoms with Crippen molar-refractivity contribution >= 4 is 93.7 Å². The van der Waals surface area contributed by atoms with E-state index >= 15 is 4.39 Å². The van der Waals surface area contributed by atoms with Crippen molar-refractivity contribution in [2.75, 3.05) is 74.4 Å². The Morgan fingerprint density at radius 3 is 1.93 bits per heavy atom. The number of unbranched alkanes of at least 4 members (excludes halogenated alkanes) is 2. The highest BCUT2D eigenvalue weighted by molar-refractivity contribution is 6.13. The van der Waals surface area contributed by atoms with Crippen LogP contribution < -0.4 is 48.1 Å². The molecule has 2 aromatic heterocycles. The molecule has 9 N–H and O–H groups in total. The minimum absolute atomic E-state index is 0.0176. The third-order valence-corrected chi connectivity index (χ3v) is 24.8. The summed E-state index contributed by atoms with van der Waals surface area (Å²) in [4.78, 5) is 216. The van der Waals surface area contributed by atoms with Crippen molar-refractivity contribution in [3.8, 4) is 11.4 Å². The van der Waals surface area contributed by atoms with Crippen LogP contribution in [0.3, 0.4) is 0 Å².